The summed E-state index contributed by atoms with van der Waals surface area (Å²) in [6, 6.07) is 6.18. The van der Waals surface area contributed by atoms with Crippen LogP contribution in [0, 0.1) is 12.7 Å². The average Bonchev–Trinajstić information content (AvgIpc) is 2.80. The Labute approximate surface area is 125 Å². The molecule has 0 saturated heterocycles. The molecule has 2 aromatic rings. The number of amides is 1. The van der Waals surface area contributed by atoms with E-state index in [1.807, 2.05) is 13.0 Å². The van der Waals surface area contributed by atoms with Crippen molar-refractivity contribution in [3.63, 3.8) is 0 Å². The zero-order valence-electron chi connectivity index (χ0n) is 11.0. The number of halogens is 2. The fourth-order valence-corrected chi connectivity index (χ4v) is 2.93. The lowest BCUT2D eigenvalue weighted by molar-refractivity contribution is 0.0936. The monoisotopic (exact) mass is 312 g/mol. The molecule has 0 radical (unpaired) electrons. The van der Waals surface area contributed by atoms with Gasteiger partial charge in [-0.05, 0) is 43.7 Å². The number of aryl methyl sites for hydroxylation is 1. The molecular formula is C14H14ClFN2OS. The number of anilines is 1. The second-order valence-corrected chi connectivity index (χ2v) is 6.28. The van der Waals surface area contributed by atoms with Crippen molar-refractivity contribution in [1.82, 2.24) is 5.32 Å². The van der Waals surface area contributed by atoms with Gasteiger partial charge in [-0.1, -0.05) is 11.6 Å². The van der Waals surface area contributed by atoms with Crippen LogP contribution in [0.15, 0.2) is 24.3 Å². The van der Waals surface area contributed by atoms with E-state index >= 15 is 0 Å². The van der Waals surface area contributed by atoms with Gasteiger partial charge in [0.2, 0.25) is 0 Å². The highest BCUT2D eigenvalue weighted by atomic mass is 35.5. The van der Waals surface area contributed by atoms with Crippen LogP contribution in [0.4, 0.5) is 10.1 Å². The number of benzene rings is 1. The fraction of sp³-hybridized carbons (Fsp3) is 0.214. The summed E-state index contributed by atoms with van der Waals surface area (Å²) in [6.07, 6.45) is 0. The molecule has 1 heterocycles. The fourth-order valence-electron chi connectivity index (χ4n) is 1.87. The van der Waals surface area contributed by atoms with E-state index in [9.17, 15) is 9.18 Å². The van der Waals surface area contributed by atoms with Crippen molar-refractivity contribution in [1.29, 1.82) is 0 Å². The van der Waals surface area contributed by atoms with Gasteiger partial charge in [0, 0.05) is 10.6 Å². The molecule has 0 aliphatic heterocycles. The molecule has 6 heteroatoms. The molecular weight excluding hydrogens is 299 g/mol. The SMILES string of the molecule is Cc1cc(N)cc(C(=O)NC(C)c2ccc(Cl)s2)c1F. The molecule has 1 unspecified atom stereocenters. The molecule has 2 rings (SSSR count). The number of nitrogen functional groups attached to an aromatic ring is 1. The number of hydrogen-bond donors (Lipinski definition) is 2. The standard InChI is InChI=1S/C14H14ClFN2OS/c1-7-5-9(17)6-10(13(7)16)14(19)18-8(2)11-3-4-12(15)20-11/h3-6,8H,17H2,1-2H3,(H,18,19). The molecule has 20 heavy (non-hydrogen) atoms. The first-order valence-corrected chi connectivity index (χ1v) is 7.19. The molecule has 0 spiro atoms. The number of nitrogens with one attached hydrogen (secondary N) is 1. The molecule has 0 bridgehead atoms. The highest BCUT2D eigenvalue weighted by Gasteiger charge is 2.18. The first-order chi connectivity index (χ1) is 9.38. The van der Waals surface area contributed by atoms with E-state index in [1.54, 1.807) is 13.0 Å². The topological polar surface area (TPSA) is 55.1 Å². The Morgan fingerprint density at radius 1 is 1.45 bits per heavy atom. The maximum atomic E-state index is 14.0. The zero-order chi connectivity index (χ0) is 14.9. The van der Waals surface area contributed by atoms with E-state index in [2.05, 4.69) is 5.32 Å². The van der Waals surface area contributed by atoms with Gasteiger partial charge in [-0.2, -0.15) is 0 Å². The molecule has 1 atom stereocenters. The van der Waals surface area contributed by atoms with E-state index in [1.165, 1.54) is 23.5 Å². The van der Waals surface area contributed by atoms with Crippen LogP contribution in [-0.2, 0) is 0 Å². The van der Waals surface area contributed by atoms with Crippen molar-refractivity contribution in [2.75, 3.05) is 5.73 Å². The average molecular weight is 313 g/mol. The molecule has 1 amide bonds. The number of rotatable bonds is 3. The first kappa shape index (κ1) is 14.8. The predicted octanol–water partition coefficient (Wildman–Crippen LogP) is 3.92. The van der Waals surface area contributed by atoms with Crippen molar-refractivity contribution in [3.05, 3.63) is 50.4 Å². The molecule has 3 N–H and O–H groups in total. The second kappa shape index (κ2) is 5.81. The minimum atomic E-state index is -0.548. The Hall–Kier alpha value is -1.59. The smallest absolute Gasteiger partial charge is 0.254 e. The van der Waals surface area contributed by atoms with Crippen LogP contribution >= 0.6 is 22.9 Å². The maximum absolute atomic E-state index is 14.0. The van der Waals surface area contributed by atoms with Crippen LogP contribution in [0.3, 0.4) is 0 Å². The lowest BCUT2D eigenvalue weighted by Crippen LogP contribution is -2.27. The van der Waals surface area contributed by atoms with Gasteiger partial charge in [0.05, 0.1) is 15.9 Å². The Balaban J connectivity index is 2.20. The summed E-state index contributed by atoms with van der Waals surface area (Å²) in [4.78, 5) is 13.0. The van der Waals surface area contributed by atoms with Gasteiger partial charge >= 0.3 is 0 Å². The largest absolute Gasteiger partial charge is 0.399 e. The van der Waals surface area contributed by atoms with Crippen LogP contribution < -0.4 is 11.1 Å². The molecule has 0 aliphatic carbocycles. The lowest BCUT2D eigenvalue weighted by Gasteiger charge is -2.13. The summed E-state index contributed by atoms with van der Waals surface area (Å²) >= 11 is 7.23. The van der Waals surface area contributed by atoms with Gasteiger partial charge in [-0.15, -0.1) is 11.3 Å². The van der Waals surface area contributed by atoms with Gasteiger partial charge in [0.1, 0.15) is 5.82 Å². The molecule has 1 aromatic heterocycles. The van der Waals surface area contributed by atoms with Crippen LogP contribution in [0.1, 0.15) is 33.8 Å². The summed E-state index contributed by atoms with van der Waals surface area (Å²) in [5.74, 6) is -1.04. The summed E-state index contributed by atoms with van der Waals surface area (Å²) in [7, 11) is 0. The van der Waals surface area contributed by atoms with E-state index in [0.29, 0.717) is 15.6 Å². The third-order valence-corrected chi connectivity index (χ3v) is 4.30. The quantitative estimate of drug-likeness (QED) is 0.844. The minimum Gasteiger partial charge on any atom is -0.399 e. The van der Waals surface area contributed by atoms with Gasteiger partial charge in [-0.25, -0.2) is 4.39 Å². The van der Waals surface area contributed by atoms with Crippen LogP contribution in [0.2, 0.25) is 4.34 Å². The predicted molar refractivity (Wildman–Crippen MR) is 80.8 cm³/mol. The van der Waals surface area contributed by atoms with Gasteiger partial charge in [0.25, 0.3) is 5.91 Å². The summed E-state index contributed by atoms with van der Waals surface area (Å²) in [5, 5.41) is 2.74. The van der Waals surface area contributed by atoms with Crippen molar-refractivity contribution in [2.45, 2.75) is 19.9 Å². The van der Waals surface area contributed by atoms with E-state index in [-0.39, 0.29) is 11.6 Å². The highest BCUT2D eigenvalue weighted by molar-refractivity contribution is 7.16. The van der Waals surface area contributed by atoms with E-state index < -0.39 is 11.7 Å². The van der Waals surface area contributed by atoms with Gasteiger partial charge in [-0.3, -0.25) is 4.79 Å². The lowest BCUT2D eigenvalue weighted by atomic mass is 10.1. The van der Waals surface area contributed by atoms with E-state index in [0.717, 1.165) is 4.88 Å². The Morgan fingerprint density at radius 2 is 2.15 bits per heavy atom. The van der Waals surface area contributed by atoms with Gasteiger partial charge in [0.15, 0.2) is 0 Å². The third kappa shape index (κ3) is 3.11. The summed E-state index contributed by atoms with van der Waals surface area (Å²) in [5.41, 5.74) is 6.32. The van der Waals surface area contributed by atoms with Crippen LogP contribution in [-0.4, -0.2) is 5.91 Å². The third-order valence-electron chi connectivity index (χ3n) is 2.89. The molecule has 0 saturated carbocycles. The van der Waals surface area contributed by atoms with Crippen LogP contribution in [0.25, 0.3) is 0 Å². The van der Waals surface area contributed by atoms with E-state index in [4.69, 9.17) is 17.3 Å². The Kier molecular flexibility index (Phi) is 4.30. The Bertz CT molecular complexity index is 657. The molecule has 1 aromatic carbocycles. The maximum Gasteiger partial charge on any atom is 0.254 e. The zero-order valence-corrected chi connectivity index (χ0v) is 12.6. The number of thiophene rings is 1. The van der Waals surface area contributed by atoms with Crippen molar-refractivity contribution < 1.29 is 9.18 Å². The van der Waals surface area contributed by atoms with Crippen molar-refractivity contribution in [2.24, 2.45) is 0 Å². The summed E-state index contributed by atoms with van der Waals surface area (Å²) in [6.45, 7) is 3.39. The highest BCUT2D eigenvalue weighted by Crippen LogP contribution is 2.27. The normalized spacial score (nSPS) is 12.2. The van der Waals surface area contributed by atoms with Crippen molar-refractivity contribution >= 4 is 34.5 Å². The molecule has 0 aliphatic rings. The molecule has 0 fully saturated rings. The van der Waals surface area contributed by atoms with Crippen LogP contribution in [0.5, 0.6) is 0 Å². The minimum absolute atomic E-state index is 0.0444. The molecule has 106 valence electrons. The number of nitrogens with two attached hydrogens (primary N) is 1. The Morgan fingerprint density at radius 3 is 2.75 bits per heavy atom. The van der Waals surface area contributed by atoms with Gasteiger partial charge < -0.3 is 11.1 Å². The van der Waals surface area contributed by atoms with Crippen molar-refractivity contribution in [3.8, 4) is 0 Å². The number of hydrogen-bond acceptors (Lipinski definition) is 3. The summed E-state index contributed by atoms with van der Waals surface area (Å²) < 4.78 is 14.6. The first-order valence-electron chi connectivity index (χ1n) is 6.00. The molecule has 3 nitrogen and oxygen atoms in total. The number of carbonyl (C=O) groups excluding carboxylic acids is 1. The second-order valence-electron chi connectivity index (χ2n) is 4.54. The number of carbonyl (C=O) groups is 1.